The van der Waals surface area contributed by atoms with Crippen molar-refractivity contribution in [3.63, 3.8) is 0 Å². The van der Waals surface area contributed by atoms with Crippen molar-refractivity contribution in [2.45, 2.75) is 71.1 Å². The molecule has 0 radical (unpaired) electrons. The Bertz CT molecular complexity index is 760. The average Bonchev–Trinajstić information content (AvgIpc) is 2.82. The maximum atomic E-state index is 11.5. The van der Waals surface area contributed by atoms with E-state index < -0.39 is 0 Å². The summed E-state index contributed by atoms with van der Waals surface area (Å²) in [6.45, 7) is 3.06. The molecule has 0 atom stereocenters. The molecular weight excluding hydrogens is 384 g/mol. The van der Waals surface area contributed by atoms with E-state index in [9.17, 15) is 4.79 Å². The second-order valence-electron chi connectivity index (χ2n) is 8.05. The molecule has 0 saturated heterocycles. The highest BCUT2D eigenvalue weighted by Gasteiger charge is 2.03. The minimum absolute atomic E-state index is 0.316. The number of hydrogen-bond donors (Lipinski definition) is 0. The zero-order valence-corrected chi connectivity index (χ0v) is 19.3. The van der Waals surface area contributed by atoms with Crippen molar-refractivity contribution >= 4 is 18.1 Å². The molecule has 0 amide bonds. The zero-order valence-electron chi connectivity index (χ0n) is 19.3. The number of rotatable bonds is 15. The molecule has 0 aliphatic rings. The second-order valence-corrected chi connectivity index (χ2v) is 8.05. The van der Waals surface area contributed by atoms with Gasteiger partial charge in [-0.05, 0) is 41.8 Å². The molecule has 0 fully saturated rings. The van der Waals surface area contributed by atoms with Crippen LogP contribution in [0.2, 0.25) is 0 Å². The highest BCUT2D eigenvalue weighted by molar-refractivity contribution is 5.89. The van der Waals surface area contributed by atoms with Gasteiger partial charge in [0.05, 0.1) is 19.3 Å². The number of unbranched alkanes of at least 4 members (excludes halogenated alkanes) is 9. The van der Waals surface area contributed by atoms with Crippen LogP contribution in [0.5, 0.6) is 5.75 Å². The van der Waals surface area contributed by atoms with Crippen molar-refractivity contribution < 1.29 is 14.3 Å². The van der Waals surface area contributed by atoms with Gasteiger partial charge in [-0.15, -0.1) is 0 Å². The Morgan fingerprint density at radius 3 is 1.71 bits per heavy atom. The van der Waals surface area contributed by atoms with Crippen LogP contribution in [0.4, 0.5) is 0 Å². The lowest BCUT2D eigenvalue weighted by Gasteiger charge is -2.06. The van der Waals surface area contributed by atoms with Crippen LogP contribution in [0.15, 0.2) is 48.5 Å². The van der Waals surface area contributed by atoms with Gasteiger partial charge in [-0.3, -0.25) is 0 Å². The molecule has 0 heterocycles. The summed E-state index contributed by atoms with van der Waals surface area (Å²) in [5.41, 5.74) is 2.71. The summed E-state index contributed by atoms with van der Waals surface area (Å²) in [5.74, 6) is 0.611. The van der Waals surface area contributed by atoms with E-state index in [0.717, 1.165) is 29.9 Å². The molecule has 0 N–H and O–H groups in total. The topological polar surface area (TPSA) is 35.5 Å². The van der Waals surface area contributed by atoms with Crippen LogP contribution in [-0.2, 0) is 4.74 Å². The molecule has 0 aliphatic carbocycles. The van der Waals surface area contributed by atoms with Gasteiger partial charge in [0.15, 0.2) is 0 Å². The maximum Gasteiger partial charge on any atom is 0.337 e. The fourth-order valence-corrected chi connectivity index (χ4v) is 3.50. The molecule has 2 aromatic carbocycles. The monoisotopic (exact) mass is 422 g/mol. The van der Waals surface area contributed by atoms with Gasteiger partial charge in [0.1, 0.15) is 5.75 Å². The van der Waals surface area contributed by atoms with Crippen molar-refractivity contribution in [3.8, 4) is 5.75 Å². The molecule has 0 aromatic heterocycles. The van der Waals surface area contributed by atoms with E-state index in [1.165, 1.54) is 64.9 Å². The lowest BCUT2D eigenvalue weighted by atomic mass is 10.1. The third-order valence-corrected chi connectivity index (χ3v) is 5.45. The van der Waals surface area contributed by atoms with Crippen molar-refractivity contribution in [3.05, 3.63) is 65.2 Å². The molecule has 0 saturated carbocycles. The van der Waals surface area contributed by atoms with Gasteiger partial charge in [-0.2, -0.15) is 0 Å². The summed E-state index contributed by atoms with van der Waals surface area (Å²) in [6.07, 6.45) is 17.5. The Labute approximate surface area is 188 Å². The van der Waals surface area contributed by atoms with Crippen LogP contribution in [0.3, 0.4) is 0 Å². The number of hydrogen-bond acceptors (Lipinski definition) is 3. The first-order valence-electron chi connectivity index (χ1n) is 11.8. The minimum Gasteiger partial charge on any atom is -0.494 e. The predicted octanol–water partition coefficient (Wildman–Crippen LogP) is 7.94. The van der Waals surface area contributed by atoms with Crippen LogP contribution in [0.1, 0.15) is 92.6 Å². The lowest BCUT2D eigenvalue weighted by Crippen LogP contribution is -2.00. The second kappa shape index (κ2) is 15.3. The molecule has 0 spiro atoms. The SMILES string of the molecule is CCCCCCCCCCCCOc1ccc(/C=C/c2ccc(C(=O)OC)cc2)cc1. The van der Waals surface area contributed by atoms with E-state index in [-0.39, 0.29) is 5.97 Å². The summed E-state index contributed by atoms with van der Waals surface area (Å²) in [6, 6.07) is 15.5. The molecule has 31 heavy (non-hydrogen) atoms. The first-order valence-corrected chi connectivity index (χ1v) is 11.8. The molecule has 2 aromatic rings. The predicted molar refractivity (Wildman–Crippen MR) is 130 cm³/mol. The number of ether oxygens (including phenoxy) is 2. The van der Waals surface area contributed by atoms with Crippen molar-refractivity contribution in [2.75, 3.05) is 13.7 Å². The molecule has 168 valence electrons. The van der Waals surface area contributed by atoms with Gasteiger partial charge in [0, 0.05) is 0 Å². The van der Waals surface area contributed by atoms with Crippen LogP contribution in [0.25, 0.3) is 12.2 Å². The van der Waals surface area contributed by atoms with Gasteiger partial charge >= 0.3 is 5.97 Å². The van der Waals surface area contributed by atoms with Gasteiger partial charge < -0.3 is 9.47 Å². The van der Waals surface area contributed by atoms with Gasteiger partial charge in [-0.25, -0.2) is 4.79 Å². The minimum atomic E-state index is -0.316. The lowest BCUT2D eigenvalue weighted by molar-refractivity contribution is 0.0600. The molecule has 0 unspecified atom stereocenters. The van der Waals surface area contributed by atoms with E-state index in [1.807, 2.05) is 30.3 Å². The van der Waals surface area contributed by atoms with E-state index in [0.29, 0.717) is 5.56 Å². The van der Waals surface area contributed by atoms with Gasteiger partial charge in [0.2, 0.25) is 0 Å². The largest absolute Gasteiger partial charge is 0.494 e. The van der Waals surface area contributed by atoms with Crippen molar-refractivity contribution in [1.29, 1.82) is 0 Å². The Balaban J connectivity index is 1.60. The standard InChI is InChI=1S/C28H38O3/c1-3-4-5-6-7-8-9-10-11-12-23-31-27-21-17-25(18-22-27)14-13-24-15-19-26(20-16-24)28(29)30-2/h13-22H,3-12,23H2,1-2H3/b14-13+. The first kappa shape index (κ1) is 24.7. The summed E-state index contributed by atoms with van der Waals surface area (Å²) in [4.78, 5) is 11.5. The Hall–Kier alpha value is -2.55. The van der Waals surface area contributed by atoms with E-state index in [4.69, 9.17) is 9.47 Å². The van der Waals surface area contributed by atoms with Crippen LogP contribution in [0, 0.1) is 0 Å². The summed E-state index contributed by atoms with van der Waals surface area (Å²) in [7, 11) is 1.39. The summed E-state index contributed by atoms with van der Waals surface area (Å²) < 4.78 is 10.6. The Morgan fingerprint density at radius 1 is 0.710 bits per heavy atom. The van der Waals surface area contributed by atoms with E-state index in [1.54, 1.807) is 12.1 Å². The van der Waals surface area contributed by atoms with Crippen LogP contribution >= 0.6 is 0 Å². The molecule has 0 bridgehead atoms. The quantitative estimate of drug-likeness (QED) is 0.166. The molecule has 0 aliphatic heterocycles. The highest BCUT2D eigenvalue weighted by Crippen LogP contribution is 2.16. The number of carbonyl (C=O) groups excluding carboxylic acids is 1. The average molecular weight is 423 g/mol. The Kier molecular flexibility index (Phi) is 12.2. The smallest absolute Gasteiger partial charge is 0.337 e. The normalized spacial score (nSPS) is 11.0. The number of methoxy groups -OCH3 is 1. The molecule has 3 heteroatoms. The third-order valence-electron chi connectivity index (χ3n) is 5.45. The first-order chi connectivity index (χ1) is 15.2. The van der Waals surface area contributed by atoms with Crippen molar-refractivity contribution in [2.24, 2.45) is 0 Å². The van der Waals surface area contributed by atoms with E-state index in [2.05, 4.69) is 25.1 Å². The fraction of sp³-hybridized carbons (Fsp3) is 0.464. The number of carbonyl (C=O) groups is 1. The molecular formula is C28H38O3. The van der Waals surface area contributed by atoms with E-state index >= 15 is 0 Å². The van der Waals surface area contributed by atoms with Crippen molar-refractivity contribution in [1.82, 2.24) is 0 Å². The summed E-state index contributed by atoms with van der Waals surface area (Å²) >= 11 is 0. The van der Waals surface area contributed by atoms with Gasteiger partial charge in [0.25, 0.3) is 0 Å². The fourth-order valence-electron chi connectivity index (χ4n) is 3.50. The number of benzene rings is 2. The zero-order chi connectivity index (χ0) is 22.2. The molecule has 3 nitrogen and oxygen atoms in total. The highest BCUT2D eigenvalue weighted by atomic mass is 16.5. The Morgan fingerprint density at radius 2 is 1.19 bits per heavy atom. The van der Waals surface area contributed by atoms with Crippen LogP contribution in [-0.4, -0.2) is 19.7 Å². The molecule has 2 rings (SSSR count). The maximum absolute atomic E-state index is 11.5. The number of esters is 1. The van der Waals surface area contributed by atoms with Gasteiger partial charge in [-0.1, -0.05) is 101 Å². The third kappa shape index (κ3) is 10.3. The summed E-state index contributed by atoms with van der Waals surface area (Å²) in [5, 5.41) is 0. The van der Waals surface area contributed by atoms with Crippen LogP contribution < -0.4 is 4.74 Å².